The van der Waals surface area contributed by atoms with Crippen molar-refractivity contribution >= 4 is 0 Å². The molecule has 0 bridgehead atoms. The van der Waals surface area contributed by atoms with Gasteiger partial charge in [0.25, 0.3) is 0 Å². The fraction of sp³-hybridized carbons (Fsp3) is 0.250. The van der Waals surface area contributed by atoms with Crippen LogP contribution in [0.1, 0.15) is 11.7 Å². The van der Waals surface area contributed by atoms with E-state index in [9.17, 15) is 15.3 Å². The van der Waals surface area contributed by atoms with E-state index in [1.54, 1.807) is 0 Å². The molecule has 7 N–H and O–H groups in total. The largest absolute Gasteiger partial charge is 0.507 e. The van der Waals surface area contributed by atoms with Gasteiger partial charge in [-0.1, -0.05) is 0 Å². The van der Waals surface area contributed by atoms with Gasteiger partial charge in [0.1, 0.15) is 5.75 Å². The molecule has 0 aliphatic rings. The number of rotatable bonds is 2. The Bertz CT molecular complexity index is 352. The van der Waals surface area contributed by atoms with Crippen LogP contribution in [0.3, 0.4) is 0 Å². The second kappa shape index (κ2) is 3.60. The van der Waals surface area contributed by atoms with Gasteiger partial charge in [0, 0.05) is 12.6 Å². The summed E-state index contributed by atoms with van der Waals surface area (Å²) < 4.78 is 0. The fourth-order valence-electron chi connectivity index (χ4n) is 1.09. The topological polar surface area (TPSA) is 127 Å². The lowest BCUT2D eigenvalue weighted by atomic mass is 10.1. The zero-order valence-electron chi connectivity index (χ0n) is 7.18. The van der Waals surface area contributed by atoms with Gasteiger partial charge in [0.05, 0.1) is 11.7 Å². The highest BCUT2D eigenvalue weighted by atomic mass is 16.3. The lowest BCUT2D eigenvalue weighted by molar-refractivity contribution is 0.177. The lowest BCUT2D eigenvalue weighted by Gasteiger charge is -2.13. The van der Waals surface area contributed by atoms with Crippen molar-refractivity contribution in [3.63, 3.8) is 0 Å². The molecule has 1 aromatic carbocycles. The molecule has 0 unspecified atom stereocenters. The highest BCUT2D eigenvalue weighted by Gasteiger charge is 2.21. The number of nitrogens with two attached hydrogens (primary N) is 1. The van der Waals surface area contributed by atoms with Crippen LogP contribution in [-0.2, 0) is 0 Å². The van der Waals surface area contributed by atoms with Crippen molar-refractivity contribution in [1.82, 2.24) is 0 Å². The molecule has 6 heteroatoms. The average molecular weight is 201 g/mol. The van der Waals surface area contributed by atoms with Crippen LogP contribution in [0.4, 0.5) is 0 Å². The number of hydrogen-bond acceptors (Lipinski definition) is 6. The first kappa shape index (κ1) is 10.4. The molecular weight excluding hydrogens is 190 g/mol. The number of aliphatic hydroxyl groups is 1. The third-order valence-electron chi connectivity index (χ3n) is 1.83. The van der Waals surface area contributed by atoms with Crippen LogP contribution in [0, 0.1) is 0 Å². The van der Waals surface area contributed by atoms with Crippen molar-refractivity contribution in [2.24, 2.45) is 5.73 Å². The van der Waals surface area contributed by atoms with Crippen LogP contribution >= 0.6 is 0 Å². The molecule has 0 fully saturated rings. The maximum absolute atomic E-state index is 9.28. The van der Waals surface area contributed by atoms with Crippen molar-refractivity contribution < 1.29 is 25.5 Å². The van der Waals surface area contributed by atoms with E-state index in [0.29, 0.717) is 0 Å². The summed E-state index contributed by atoms with van der Waals surface area (Å²) in [7, 11) is 0. The van der Waals surface area contributed by atoms with Gasteiger partial charge in [0.2, 0.25) is 5.75 Å². The first-order valence-corrected chi connectivity index (χ1v) is 3.84. The molecule has 0 heterocycles. The zero-order chi connectivity index (χ0) is 10.9. The Labute approximate surface area is 79.5 Å². The third-order valence-corrected chi connectivity index (χ3v) is 1.83. The summed E-state index contributed by atoms with van der Waals surface area (Å²) in [5.74, 6) is -2.78. The van der Waals surface area contributed by atoms with Crippen LogP contribution in [-0.4, -0.2) is 32.1 Å². The highest BCUT2D eigenvalue weighted by molar-refractivity contribution is 5.59. The molecule has 1 atom stereocenters. The Hall–Kier alpha value is -1.66. The molecule has 0 aliphatic carbocycles. The summed E-state index contributed by atoms with van der Waals surface area (Å²) in [6.45, 7) is -0.231. The lowest BCUT2D eigenvalue weighted by Crippen LogP contribution is -2.11. The minimum Gasteiger partial charge on any atom is -0.507 e. The van der Waals surface area contributed by atoms with Crippen LogP contribution < -0.4 is 5.73 Å². The molecular formula is C8H11NO5. The summed E-state index contributed by atoms with van der Waals surface area (Å²) in [5, 5.41) is 45.9. The number of benzene rings is 1. The zero-order valence-corrected chi connectivity index (χ0v) is 7.18. The van der Waals surface area contributed by atoms with Crippen molar-refractivity contribution in [3.8, 4) is 23.0 Å². The maximum Gasteiger partial charge on any atom is 0.200 e. The summed E-state index contributed by atoms with van der Waals surface area (Å²) in [6.07, 6.45) is -1.30. The van der Waals surface area contributed by atoms with E-state index in [0.717, 1.165) is 6.07 Å². The predicted octanol–water partition coefficient (Wildman–Crippen LogP) is -0.499. The van der Waals surface area contributed by atoms with Crippen molar-refractivity contribution in [2.75, 3.05) is 6.54 Å². The summed E-state index contributed by atoms with van der Waals surface area (Å²) >= 11 is 0. The maximum atomic E-state index is 9.28. The summed E-state index contributed by atoms with van der Waals surface area (Å²) in [6, 6.07) is 0.809. The highest BCUT2D eigenvalue weighted by Crippen LogP contribution is 2.44. The Kier molecular flexibility index (Phi) is 2.68. The van der Waals surface area contributed by atoms with E-state index in [-0.39, 0.29) is 12.1 Å². The van der Waals surface area contributed by atoms with E-state index in [1.807, 2.05) is 0 Å². The van der Waals surface area contributed by atoms with Gasteiger partial charge in [-0.05, 0) is 0 Å². The Balaban J connectivity index is 3.36. The van der Waals surface area contributed by atoms with E-state index in [1.165, 1.54) is 0 Å². The SMILES string of the molecule is NC[C@H](O)c1c(O)cc(O)c(O)c1O. The predicted molar refractivity (Wildman–Crippen MR) is 47.1 cm³/mol. The minimum atomic E-state index is -1.30. The normalized spacial score (nSPS) is 12.7. The van der Waals surface area contributed by atoms with Gasteiger partial charge in [0.15, 0.2) is 11.5 Å². The monoisotopic (exact) mass is 201 g/mol. The second-order valence-corrected chi connectivity index (χ2v) is 2.78. The first-order valence-electron chi connectivity index (χ1n) is 3.84. The molecule has 1 rings (SSSR count). The molecule has 6 nitrogen and oxygen atoms in total. The van der Waals surface area contributed by atoms with Gasteiger partial charge in [-0.3, -0.25) is 0 Å². The van der Waals surface area contributed by atoms with E-state index in [4.69, 9.17) is 15.9 Å². The molecule has 78 valence electrons. The molecule has 0 saturated carbocycles. The average Bonchev–Trinajstić information content (AvgIpc) is 2.14. The van der Waals surface area contributed by atoms with Crippen LogP contribution in [0.5, 0.6) is 23.0 Å². The third kappa shape index (κ3) is 1.52. The molecule has 0 aromatic heterocycles. The van der Waals surface area contributed by atoms with Crippen molar-refractivity contribution in [3.05, 3.63) is 11.6 Å². The Morgan fingerprint density at radius 1 is 1.07 bits per heavy atom. The fourth-order valence-corrected chi connectivity index (χ4v) is 1.09. The van der Waals surface area contributed by atoms with Gasteiger partial charge in [-0.15, -0.1) is 0 Å². The smallest absolute Gasteiger partial charge is 0.200 e. The van der Waals surface area contributed by atoms with Gasteiger partial charge >= 0.3 is 0 Å². The summed E-state index contributed by atoms with van der Waals surface area (Å²) in [5.41, 5.74) is 4.81. The van der Waals surface area contributed by atoms with Gasteiger partial charge < -0.3 is 31.3 Å². The molecule has 0 saturated heterocycles. The molecule has 14 heavy (non-hydrogen) atoms. The van der Waals surface area contributed by atoms with Gasteiger partial charge in [-0.25, -0.2) is 0 Å². The van der Waals surface area contributed by atoms with Gasteiger partial charge in [-0.2, -0.15) is 0 Å². The molecule has 0 amide bonds. The summed E-state index contributed by atoms with van der Waals surface area (Å²) in [4.78, 5) is 0. The van der Waals surface area contributed by atoms with Crippen molar-refractivity contribution in [1.29, 1.82) is 0 Å². The number of phenols is 4. The standard InChI is InChI=1S/C8H11NO5/c9-2-5(12)6-3(10)1-4(11)7(13)8(6)14/h1,5,10-14H,2,9H2/t5-/m0/s1. The van der Waals surface area contributed by atoms with Crippen LogP contribution in [0.2, 0.25) is 0 Å². The first-order chi connectivity index (χ1) is 6.49. The number of aliphatic hydroxyl groups excluding tert-OH is 1. The second-order valence-electron chi connectivity index (χ2n) is 2.78. The number of hydrogen-bond donors (Lipinski definition) is 6. The van der Waals surface area contributed by atoms with E-state index in [2.05, 4.69) is 0 Å². The minimum absolute atomic E-state index is 0.231. The van der Waals surface area contributed by atoms with Crippen molar-refractivity contribution in [2.45, 2.75) is 6.10 Å². The quantitative estimate of drug-likeness (QED) is 0.283. The van der Waals surface area contributed by atoms with Crippen LogP contribution in [0.25, 0.3) is 0 Å². The Morgan fingerprint density at radius 3 is 2.14 bits per heavy atom. The van der Waals surface area contributed by atoms with Crippen LogP contribution in [0.15, 0.2) is 6.07 Å². The number of aromatic hydroxyl groups is 4. The van der Waals surface area contributed by atoms with E-state index >= 15 is 0 Å². The molecule has 0 radical (unpaired) electrons. The molecule has 1 aromatic rings. The number of phenolic OH excluding ortho intramolecular Hbond substituents is 4. The van der Waals surface area contributed by atoms with E-state index < -0.39 is 29.1 Å². The molecule has 0 aliphatic heterocycles. The Morgan fingerprint density at radius 2 is 1.64 bits per heavy atom. The molecule has 0 spiro atoms.